The van der Waals surface area contributed by atoms with Gasteiger partial charge in [-0.3, -0.25) is 4.90 Å². The Kier molecular flexibility index (Phi) is 3.87. The fourth-order valence-electron chi connectivity index (χ4n) is 3.24. The topological polar surface area (TPSA) is 55.1 Å². The number of hydrogen-bond donors (Lipinski definition) is 0. The molecule has 3 heterocycles. The summed E-state index contributed by atoms with van der Waals surface area (Å²) in [5.41, 5.74) is 1.13. The van der Waals surface area contributed by atoms with Gasteiger partial charge in [-0.25, -0.2) is 4.98 Å². The lowest BCUT2D eigenvalue weighted by Crippen LogP contribution is -2.35. The summed E-state index contributed by atoms with van der Waals surface area (Å²) in [6.45, 7) is 6.09. The van der Waals surface area contributed by atoms with Gasteiger partial charge in [-0.15, -0.1) is 11.3 Å². The Morgan fingerprint density at radius 2 is 2.00 bits per heavy atom. The normalized spacial score (nSPS) is 18.5. The molecule has 0 saturated carbocycles. The number of fused-ring (bicyclic) bond motifs is 1. The molecular weight excluding hydrogens is 308 g/mol. The minimum Gasteiger partial charge on any atom is -0.338 e. The van der Waals surface area contributed by atoms with Crippen LogP contribution in [0.15, 0.2) is 28.8 Å². The summed E-state index contributed by atoms with van der Waals surface area (Å²) in [7, 11) is 0. The van der Waals surface area contributed by atoms with Crippen molar-refractivity contribution in [3.8, 4) is 0 Å². The van der Waals surface area contributed by atoms with E-state index < -0.39 is 0 Å². The fourth-order valence-corrected chi connectivity index (χ4v) is 4.37. The van der Waals surface area contributed by atoms with Crippen LogP contribution in [0.4, 0.5) is 0 Å². The molecule has 3 aromatic rings. The number of rotatable bonds is 3. The van der Waals surface area contributed by atoms with Crippen LogP contribution in [0.1, 0.15) is 48.4 Å². The van der Waals surface area contributed by atoms with E-state index in [1.165, 1.54) is 9.71 Å². The molecule has 1 aliphatic heterocycles. The number of benzene rings is 1. The third-order valence-corrected chi connectivity index (χ3v) is 5.84. The first kappa shape index (κ1) is 14.8. The van der Waals surface area contributed by atoms with Crippen LogP contribution in [0.2, 0.25) is 0 Å². The molecule has 0 N–H and O–H groups in total. The van der Waals surface area contributed by atoms with E-state index in [9.17, 15) is 0 Å². The Hall–Kier alpha value is -1.79. The molecule has 0 spiro atoms. The lowest BCUT2D eigenvalue weighted by molar-refractivity contribution is 0.136. The predicted octanol–water partition coefficient (Wildman–Crippen LogP) is 3.93. The van der Waals surface area contributed by atoms with Gasteiger partial charge < -0.3 is 4.52 Å². The largest absolute Gasteiger partial charge is 0.338 e. The number of piperidine rings is 1. The van der Waals surface area contributed by atoms with E-state index in [0.717, 1.165) is 37.3 Å². The molecule has 0 radical (unpaired) electrons. The van der Waals surface area contributed by atoms with Gasteiger partial charge in [0.05, 0.1) is 21.3 Å². The van der Waals surface area contributed by atoms with E-state index in [1.54, 1.807) is 0 Å². The van der Waals surface area contributed by atoms with Crippen LogP contribution in [-0.4, -0.2) is 33.1 Å². The lowest BCUT2D eigenvalue weighted by Gasteiger charge is -2.33. The monoisotopic (exact) mass is 328 g/mol. The van der Waals surface area contributed by atoms with Crippen molar-refractivity contribution in [3.63, 3.8) is 0 Å². The predicted molar refractivity (Wildman–Crippen MR) is 90.6 cm³/mol. The van der Waals surface area contributed by atoms with Gasteiger partial charge in [0.25, 0.3) is 0 Å². The zero-order valence-corrected chi connectivity index (χ0v) is 14.2. The second kappa shape index (κ2) is 6.02. The maximum absolute atomic E-state index is 5.32. The van der Waals surface area contributed by atoms with Gasteiger partial charge in [0.15, 0.2) is 5.82 Å². The van der Waals surface area contributed by atoms with Crippen LogP contribution in [0.3, 0.4) is 0 Å². The van der Waals surface area contributed by atoms with Crippen molar-refractivity contribution in [2.75, 3.05) is 13.1 Å². The van der Waals surface area contributed by atoms with Crippen molar-refractivity contribution in [1.82, 2.24) is 20.0 Å². The molecule has 0 aliphatic carbocycles. The summed E-state index contributed by atoms with van der Waals surface area (Å²) in [4.78, 5) is 11.6. The maximum Gasteiger partial charge on any atom is 0.243 e. The van der Waals surface area contributed by atoms with Crippen molar-refractivity contribution in [1.29, 1.82) is 0 Å². The Morgan fingerprint density at radius 3 is 2.70 bits per heavy atom. The number of aromatic nitrogens is 3. The zero-order chi connectivity index (χ0) is 15.8. The summed E-state index contributed by atoms with van der Waals surface area (Å²) >= 11 is 1.84. The van der Waals surface area contributed by atoms with Crippen LogP contribution >= 0.6 is 11.3 Å². The molecular formula is C17H20N4OS. The van der Waals surface area contributed by atoms with Crippen LogP contribution in [0, 0.1) is 6.92 Å². The smallest absolute Gasteiger partial charge is 0.243 e. The molecule has 4 rings (SSSR count). The number of hydrogen-bond acceptors (Lipinski definition) is 6. The lowest BCUT2D eigenvalue weighted by atomic mass is 9.96. The molecule has 1 fully saturated rings. The average molecular weight is 328 g/mol. The van der Waals surface area contributed by atoms with Crippen LogP contribution in [0.25, 0.3) is 10.2 Å². The van der Waals surface area contributed by atoms with Crippen LogP contribution in [-0.2, 0) is 0 Å². The van der Waals surface area contributed by atoms with Gasteiger partial charge in [-0.1, -0.05) is 17.3 Å². The SMILES string of the molecule is Cc1noc([C@@H](C)N2CCC(c3nc4ccccc4s3)CC2)n1. The molecule has 1 aromatic carbocycles. The highest BCUT2D eigenvalue weighted by Crippen LogP contribution is 2.35. The van der Waals surface area contributed by atoms with E-state index in [4.69, 9.17) is 9.51 Å². The number of thiazole rings is 1. The summed E-state index contributed by atoms with van der Waals surface area (Å²) in [5, 5.41) is 5.18. The Bertz CT molecular complexity index is 771. The molecule has 0 amide bonds. The molecule has 1 aliphatic rings. The maximum atomic E-state index is 5.32. The molecule has 1 atom stereocenters. The van der Waals surface area contributed by atoms with Crippen molar-refractivity contribution >= 4 is 21.6 Å². The molecule has 0 bridgehead atoms. The highest BCUT2D eigenvalue weighted by atomic mass is 32.1. The van der Waals surface area contributed by atoms with Gasteiger partial charge in [0.1, 0.15) is 0 Å². The third-order valence-electron chi connectivity index (χ3n) is 4.64. The quantitative estimate of drug-likeness (QED) is 0.729. The molecule has 120 valence electrons. The Morgan fingerprint density at radius 1 is 1.22 bits per heavy atom. The van der Waals surface area contributed by atoms with E-state index in [-0.39, 0.29) is 6.04 Å². The summed E-state index contributed by atoms with van der Waals surface area (Å²) < 4.78 is 6.61. The number of para-hydroxylation sites is 1. The Balaban J connectivity index is 1.44. The summed E-state index contributed by atoms with van der Waals surface area (Å²) in [5.74, 6) is 2.00. The van der Waals surface area contributed by atoms with E-state index in [0.29, 0.717) is 11.7 Å². The average Bonchev–Trinajstić information content (AvgIpc) is 3.20. The fraction of sp³-hybridized carbons (Fsp3) is 0.471. The number of aryl methyl sites for hydroxylation is 1. The van der Waals surface area contributed by atoms with Gasteiger partial charge in [-0.2, -0.15) is 4.98 Å². The van der Waals surface area contributed by atoms with Gasteiger partial charge in [0, 0.05) is 5.92 Å². The molecule has 23 heavy (non-hydrogen) atoms. The summed E-state index contributed by atoms with van der Waals surface area (Å²) in [6.07, 6.45) is 2.27. The number of nitrogens with zero attached hydrogens (tertiary/aromatic N) is 4. The first-order valence-electron chi connectivity index (χ1n) is 8.10. The number of likely N-dealkylation sites (tertiary alicyclic amines) is 1. The second-order valence-electron chi connectivity index (χ2n) is 6.19. The van der Waals surface area contributed by atoms with Gasteiger partial charge in [0.2, 0.25) is 5.89 Å². The minimum atomic E-state index is 0.188. The standard InChI is InChI=1S/C17H20N4OS/c1-11(16-18-12(2)20-22-16)21-9-7-13(8-10-21)17-19-14-5-3-4-6-15(14)23-17/h3-6,11,13H,7-10H2,1-2H3/t11-/m1/s1. The van der Waals surface area contributed by atoms with E-state index >= 15 is 0 Å². The first-order chi connectivity index (χ1) is 11.2. The minimum absolute atomic E-state index is 0.188. The molecule has 1 saturated heterocycles. The molecule has 5 nitrogen and oxygen atoms in total. The van der Waals surface area contributed by atoms with E-state index in [2.05, 4.69) is 46.2 Å². The highest BCUT2D eigenvalue weighted by molar-refractivity contribution is 7.18. The highest BCUT2D eigenvalue weighted by Gasteiger charge is 2.28. The van der Waals surface area contributed by atoms with Crippen molar-refractivity contribution < 1.29 is 4.52 Å². The molecule has 0 unspecified atom stereocenters. The van der Waals surface area contributed by atoms with Crippen molar-refractivity contribution in [2.45, 2.75) is 38.6 Å². The van der Waals surface area contributed by atoms with Crippen molar-refractivity contribution in [3.05, 3.63) is 41.0 Å². The Labute approximate surface area is 139 Å². The molecule has 6 heteroatoms. The van der Waals surface area contributed by atoms with Crippen LogP contribution in [0.5, 0.6) is 0 Å². The van der Waals surface area contributed by atoms with Gasteiger partial charge >= 0.3 is 0 Å². The summed E-state index contributed by atoms with van der Waals surface area (Å²) in [6, 6.07) is 8.59. The zero-order valence-electron chi connectivity index (χ0n) is 13.4. The van der Waals surface area contributed by atoms with Crippen molar-refractivity contribution in [2.24, 2.45) is 0 Å². The second-order valence-corrected chi connectivity index (χ2v) is 7.25. The molecule has 2 aromatic heterocycles. The first-order valence-corrected chi connectivity index (χ1v) is 8.92. The van der Waals surface area contributed by atoms with E-state index in [1.807, 2.05) is 18.3 Å². The van der Waals surface area contributed by atoms with Crippen LogP contribution < -0.4 is 0 Å². The van der Waals surface area contributed by atoms with Gasteiger partial charge in [-0.05, 0) is 51.9 Å². The third kappa shape index (κ3) is 2.88.